The van der Waals surface area contributed by atoms with Gasteiger partial charge in [-0.05, 0) is 17.2 Å². The highest BCUT2D eigenvalue weighted by atomic mass is 16.2. The molecule has 1 unspecified atom stereocenters. The number of fused-ring (bicyclic) bond motifs is 3. The summed E-state index contributed by atoms with van der Waals surface area (Å²) in [6.07, 6.45) is 1.94. The van der Waals surface area contributed by atoms with E-state index in [4.69, 9.17) is 5.84 Å². The Hall–Kier alpha value is -2.14. The molecule has 1 aromatic rings. The van der Waals surface area contributed by atoms with Crippen molar-refractivity contribution in [2.75, 3.05) is 0 Å². The van der Waals surface area contributed by atoms with Gasteiger partial charge in [0.1, 0.15) is 6.04 Å². The zero-order valence-corrected chi connectivity index (χ0v) is 8.40. The number of amidine groups is 1. The lowest BCUT2D eigenvalue weighted by molar-refractivity contribution is -0.114. The molecule has 80 valence electrons. The largest absolute Gasteiger partial charge is 0.321 e. The van der Waals surface area contributed by atoms with Gasteiger partial charge in [0.05, 0.1) is 0 Å². The van der Waals surface area contributed by atoms with Gasteiger partial charge in [0.15, 0.2) is 0 Å². The molecule has 0 fully saturated rings. The predicted octanol–water partition coefficient (Wildman–Crippen LogP) is 0.0738. The van der Waals surface area contributed by atoms with Crippen LogP contribution in [-0.4, -0.2) is 11.7 Å². The number of carbonyl (C=O) groups is 1. The first-order valence-corrected chi connectivity index (χ1v) is 4.96. The van der Waals surface area contributed by atoms with Gasteiger partial charge in [0.2, 0.25) is 5.84 Å². The first-order chi connectivity index (χ1) is 7.79. The van der Waals surface area contributed by atoms with E-state index >= 15 is 0 Å². The number of hydrogen-bond donors (Lipinski definition) is 3. The van der Waals surface area contributed by atoms with Gasteiger partial charge >= 0.3 is 0 Å². The maximum Gasteiger partial charge on any atom is 0.291 e. The third-order valence-electron chi connectivity index (χ3n) is 2.76. The molecule has 0 aromatic heterocycles. The summed E-state index contributed by atoms with van der Waals surface area (Å²) in [5.41, 5.74) is 5.29. The molecule has 0 saturated heterocycles. The molecule has 1 heterocycles. The second-order valence-electron chi connectivity index (χ2n) is 3.71. The number of rotatable bonds is 0. The van der Waals surface area contributed by atoms with E-state index in [1.165, 1.54) is 0 Å². The second kappa shape index (κ2) is 3.18. The zero-order chi connectivity index (χ0) is 11.1. The third-order valence-corrected chi connectivity index (χ3v) is 2.76. The molecule has 5 heteroatoms. The molecule has 0 saturated carbocycles. The Morgan fingerprint density at radius 1 is 1.38 bits per heavy atom. The lowest BCUT2D eigenvalue weighted by Gasteiger charge is -2.20. The molecule has 5 nitrogen and oxygen atoms in total. The summed E-state index contributed by atoms with van der Waals surface area (Å²) in [6.45, 7) is 0. The SMILES string of the molecule is NNC1=NC2C(=Cc3ccccc32)NC1=O. The molecule has 1 aliphatic carbocycles. The van der Waals surface area contributed by atoms with Crippen molar-refractivity contribution in [3.63, 3.8) is 0 Å². The number of aliphatic imine (C=N–C) groups is 1. The number of hydrogen-bond acceptors (Lipinski definition) is 4. The van der Waals surface area contributed by atoms with Crippen LogP contribution in [0.5, 0.6) is 0 Å². The van der Waals surface area contributed by atoms with Crippen LogP contribution in [0.25, 0.3) is 6.08 Å². The highest BCUT2D eigenvalue weighted by Crippen LogP contribution is 2.36. The van der Waals surface area contributed by atoms with Gasteiger partial charge in [-0.2, -0.15) is 0 Å². The van der Waals surface area contributed by atoms with Crippen LogP contribution in [0.15, 0.2) is 35.0 Å². The molecule has 0 spiro atoms. The van der Waals surface area contributed by atoms with Gasteiger partial charge < -0.3 is 10.7 Å². The summed E-state index contributed by atoms with van der Waals surface area (Å²) in [5.74, 6) is 5.11. The number of carbonyl (C=O) groups excluding carboxylic acids is 1. The van der Waals surface area contributed by atoms with Crippen LogP contribution in [0.4, 0.5) is 0 Å². The number of nitrogens with one attached hydrogen (secondary N) is 2. The summed E-state index contributed by atoms with van der Waals surface area (Å²) >= 11 is 0. The van der Waals surface area contributed by atoms with Crippen LogP contribution in [0.1, 0.15) is 17.2 Å². The summed E-state index contributed by atoms with van der Waals surface area (Å²) in [7, 11) is 0. The van der Waals surface area contributed by atoms with Crippen LogP contribution >= 0.6 is 0 Å². The Morgan fingerprint density at radius 2 is 2.19 bits per heavy atom. The van der Waals surface area contributed by atoms with E-state index in [0.717, 1.165) is 16.8 Å². The van der Waals surface area contributed by atoms with Crippen molar-refractivity contribution >= 4 is 17.8 Å². The average Bonchev–Trinajstić information content (AvgIpc) is 2.65. The predicted molar refractivity (Wildman–Crippen MR) is 60.1 cm³/mol. The molecule has 1 aromatic carbocycles. The fraction of sp³-hybridized carbons (Fsp3) is 0.0909. The minimum atomic E-state index is -0.294. The fourth-order valence-corrected chi connectivity index (χ4v) is 2.03. The summed E-state index contributed by atoms with van der Waals surface area (Å²) in [6, 6.07) is 7.77. The number of benzene rings is 1. The molecule has 1 amide bonds. The van der Waals surface area contributed by atoms with E-state index in [1.54, 1.807) is 0 Å². The molecule has 16 heavy (non-hydrogen) atoms. The fourth-order valence-electron chi connectivity index (χ4n) is 2.03. The molecule has 0 radical (unpaired) electrons. The molecule has 4 N–H and O–H groups in total. The van der Waals surface area contributed by atoms with Crippen molar-refractivity contribution in [1.82, 2.24) is 10.7 Å². The smallest absolute Gasteiger partial charge is 0.291 e. The lowest BCUT2D eigenvalue weighted by atomic mass is 10.1. The lowest BCUT2D eigenvalue weighted by Crippen LogP contribution is -2.46. The third kappa shape index (κ3) is 1.15. The molecular weight excluding hydrogens is 204 g/mol. The van der Waals surface area contributed by atoms with Crippen LogP contribution in [-0.2, 0) is 4.79 Å². The van der Waals surface area contributed by atoms with E-state index in [9.17, 15) is 4.79 Å². The molecule has 2 aliphatic rings. The Bertz CT molecular complexity index is 533. The van der Waals surface area contributed by atoms with Gasteiger partial charge in [-0.15, -0.1) is 0 Å². The highest BCUT2D eigenvalue weighted by molar-refractivity contribution is 6.38. The molecule has 1 atom stereocenters. The summed E-state index contributed by atoms with van der Waals surface area (Å²) in [5, 5.41) is 2.78. The number of nitrogens with zero attached hydrogens (tertiary/aromatic N) is 1. The van der Waals surface area contributed by atoms with Crippen molar-refractivity contribution in [1.29, 1.82) is 0 Å². The van der Waals surface area contributed by atoms with Gasteiger partial charge in [-0.3, -0.25) is 4.79 Å². The molecular formula is C11H10N4O. The minimum absolute atomic E-state index is 0.139. The topological polar surface area (TPSA) is 79.5 Å². The molecule has 1 aliphatic heterocycles. The van der Waals surface area contributed by atoms with Crippen molar-refractivity contribution in [2.45, 2.75) is 6.04 Å². The van der Waals surface area contributed by atoms with Gasteiger partial charge in [-0.1, -0.05) is 24.3 Å². The van der Waals surface area contributed by atoms with E-state index in [2.05, 4.69) is 15.7 Å². The number of amides is 1. The number of hydrazine groups is 1. The highest BCUT2D eigenvalue weighted by Gasteiger charge is 2.31. The maximum atomic E-state index is 11.5. The normalized spacial score (nSPS) is 21.6. The van der Waals surface area contributed by atoms with E-state index < -0.39 is 0 Å². The van der Waals surface area contributed by atoms with Gasteiger partial charge in [-0.25, -0.2) is 10.8 Å². The van der Waals surface area contributed by atoms with E-state index in [-0.39, 0.29) is 17.8 Å². The van der Waals surface area contributed by atoms with E-state index in [0.29, 0.717) is 0 Å². The maximum absolute atomic E-state index is 11.5. The summed E-state index contributed by atoms with van der Waals surface area (Å²) < 4.78 is 0. The van der Waals surface area contributed by atoms with Crippen molar-refractivity contribution < 1.29 is 4.79 Å². The molecule has 0 bridgehead atoms. The van der Waals surface area contributed by atoms with Gasteiger partial charge in [0, 0.05) is 5.70 Å². The number of nitrogens with two attached hydrogens (primary N) is 1. The quantitative estimate of drug-likeness (QED) is 0.422. The Kier molecular flexibility index (Phi) is 1.81. The first-order valence-electron chi connectivity index (χ1n) is 4.96. The van der Waals surface area contributed by atoms with Gasteiger partial charge in [0.25, 0.3) is 5.91 Å². The zero-order valence-electron chi connectivity index (χ0n) is 8.40. The van der Waals surface area contributed by atoms with E-state index in [1.807, 2.05) is 30.3 Å². The van der Waals surface area contributed by atoms with Crippen molar-refractivity contribution in [3.05, 3.63) is 41.1 Å². The minimum Gasteiger partial charge on any atom is -0.321 e. The van der Waals surface area contributed by atoms with Crippen molar-refractivity contribution in [3.8, 4) is 0 Å². The summed E-state index contributed by atoms with van der Waals surface area (Å²) in [4.78, 5) is 15.8. The van der Waals surface area contributed by atoms with Crippen LogP contribution in [0, 0.1) is 0 Å². The second-order valence-corrected chi connectivity index (χ2v) is 3.71. The van der Waals surface area contributed by atoms with Crippen LogP contribution in [0.2, 0.25) is 0 Å². The Labute approximate surface area is 92.0 Å². The Morgan fingerprint density at radius 3 is 3.00 bits per heavy atom. The van der Waals surface area contributed by atoms with Crippen LogP contribution < -0.4 is 16.6 Å². The average molecular weight is 214 g/mol. The molecule has 3 rings (SSSR count). The first kappa shape index (κ1) is 9.11. The van der Waals surface area contributed by atoms with Crippen molar-refractivity contribution in [2.24, 2.45) is 10.8 Å². The Balaban J connectivity index is 2.12. The standard InChI is InChI=1S/C11H10N4O/c12-15-10-11(16)13-8-5-6-3-1-2-4-7(6)9(8)14-10/h1-5,9H,12H2,(H,13,16)(H,14,15). The van der Waals surface area contributed by atoms with Crippen LogP contribution in [0.3, 0.4) is 0 Å². The monoisotopic (exact) mass is 214 g/mol.